The fourth-order valence-electron chi connectivity index (χ4n) is 7.56. The summed E-state index contributed by atoms with van der Waals surface area (Å²) in [7, 11) is 0. The summed E-state index contributed by atoms with van der Waals surface area (Å²) < 4.78 is 5.78. The Labute approximate surface area is 236 Å². The summed E-state index contributed by atoms with van der Waals surface area (Å²) in [6, 6.07) is 7.76. The van der Waals surface area contributed by atoms with Gasteiger partial charge in [-0.05, 0) is 87.4 Å². The Bertz CT molecular complexity index is 1050. The molecule has 3 saturated heterocycles. The zero-order valence-electron chi connectivity index (χ0n) is 23.2. The monoisotopic (exact) mass is 553 g/mol. The lowest BCUT2D eigenvalue weighted by atomic mass is 9.83. The molecule has 8 heteroatoms. The van der Waals surface area contributed by atoms with Crippen molar-refractivity contribution in [3.63, 3.8) is 0 Å². The number of carbonyl (C=O) groups excluding carboxylic acids is 3. The standard InChI is InChI=1S/C31H43N3O4S/c1-39-26-18-34(28-25(35)19-38-29(26)28)31(37)27(22-6-3-2-4-7-22)32-30(36)23-12-10-20(11-13-23)21-14-16-33(17-15-21)24-8-5-9-24/h10-13,21-22,24,26-29H,2-9,14-19H2,1H3,(H,32,36)/t26-,27-,28+,29+/m0/s1. The number of Topliss-reactive ketones (excluding diaryl/α,β-unsaturated/α-hetero) is 1. The molecule has 5 aliphatic rings. The highest BCUT2D eigenvalue weighted by Gasteiger charge is 2.53. The van der Waals surface area contributed by atoms with Crippen LogP contribution in [0, 0.1) is 5.92 Å². The maximum atomic E-state index is 14.0. The topological polar surface area (TPSA) is 79.0 Å². The van der Waals surface area contributed by atoms with Gasteiger partial charge in [0.15, 0.2) is 5.78 Å². The lowest BCUT2D eigenvalue weighted by Crippen LogP contribution is -2.55. The minimum absolute atomic E-state index is 0.0206. The molecule has 0 radical (unpaired) electrons. The molecule has 39 heavy (non-hydrogen) atoms. The van der Waals surface area contributed by atoms with Gasteiger partial charge in [0.2, 0.25) is 5.91 Å². The van der Waals surface area contributed by atoms with Crippen LogP contribution < -0.4 is 5.32 Å². The highest BCUT2D eigenvalue weighted by atomic mass is 32.2. The van der Waals surface area contributed by atoms with E-state index in [2.05, 4.69) is 22.3 Å². The molecule has 1 aromatic carbocycles. The second-order valence-electron chi connectivity index (χ2n) is 12.3. The molecule has 7 nitrogen and oxygen atoms in total. The van der Waals surface area contributed by atoms with E-state index in [0.29, 0.717) is 18.0 Å². The highest BCUT2D eigenvalue weighted by Crippen LogP contribution is 2.36. The number of nitrogens with one attached hydrogen (secondary N) is 1. The van der Waals surface area contributed by atoms with Crippen molar-refractivity contribution in [2.45, 2.75) is 99.6 Å². The minimum atomic E-state index is -0.608. The Hall–Kier alpha value is -1.90. The van der Waals surface area contributed by atoms with Crippen LogP contribution in [0.5, 0.6) is 0 Å². The quantitative estimate of drug-likeness (QED) is 0.550. The Morgan fingerprint density at radius 1 is 0.974 bits per heavy atom. The SMILES string of the molecule is CS[C@H]1CN(C(=O)[C@@H](NC(=O)c2ccc(C3CCN(C4CCC4)CC3)cc2)C2CCCCC2)[C@@H]2C(=O)CO[C@H]12. The number of benzene rings is 1. The number of thioether (sulfide) groups is 1. The molecule has 0 bridgehead atoms. The van der Waals surface area contributed by atoms with Crippen LogP contribution in [0.2, 0.25) is 0 Å². The first-order valence-electron chi connectivity index (χ1n) is 15.2. The second-order valence-corrected chi connectivity index (χ2v) is 13.4. The number of ketones is 1. The Kier molecular flexibility index (Phi) is 8.33. The lowest BCUT2D eigenvalue weighted by molar-refractivity contribution is -0.139. The fourth-order valence-corrected chi connectivity index (χ4v) is 8.36. The van der Waals surface area contributed by atoms with Gasteiger partial charge in [0, 0.05) is 18.2 Å². The average Bonchev–Trinajstić information content (AvgIpc) is 3.51. The van der Waals surface area contributed by atoms with Gasteiger partial charge >= 0.3 is 0 Å². The molecular weight excluding hydrogens is 510 g/mol. The summed E-state index contributed by atoms with van der Waals surface area (Å²) in [5.74, 6) is 0.313. The van der Waals surface area contributed by atoms with Crippen molar-refractivity contribution < 1.29 is 19.1 Å². The van der Waals surface area contributed by atoms with E-state index < -0.39 is 12.1 Å². The van der Waals surface area contributed by atoms with Crippen molar-refractivity contribution in [2.24, 2.45) is 5.92 Å². The Morgan fingerprint density at radius 3 is 2.33 bits per heavy atom. The molecule has 2 amide bonds. The van der Waals surface area contributed by atoms with Gasteiger partial charge in [-0.15, -0.1) is 0 Å². The number of ether oxygens (including phenoxy) is 1. The van der Waals surface area contributed by atoms with Crippen molar-refractivity contribution in [3.05, 3.63) is 35.4 Å². The van der Waals surface area contributed by atoms with E-state index in [-0.39, 0.29) is 41.5 Å². The van der Waals surface area contributed by atoms with Crippen molar-refractivity contribution in [1.29, 1.82) is 0 Å². The number of amides is 2. The van der Waals surface area contributed by atoms with Crippen molar-refractivity contribution in [3.8, 4) is 0 Å². The van der Waals surface area contributed by atoms with Crippen LogP contribution in [0.1, 0.15) is 86.0 Å². The predicted molar refractivity (Wildman–Crippen MR) is 153 cm³/mol. The van der Waals surface area contributed by atoms with Crippen LogP contribution in [0.3, 0.4) is 0 Å². The largest absolute Gasteiger partial charge is 0.367 e. The van der Waals surface area contributed by atoms with Gasteiger partial charge in [-0.2, -0.15) is 11.8 Å². The van der Waals surface area contributed by atoms with Gasteiger partial charge in [-0.1, -0.05) is 37.8 Å². The summed E-state index contributed by atoms with van der Waals surface area (Å²) in [6.07, 6.45) is 13.4. The van der Waals surface area contributed by atoms with E-state index in [1.807, 2.05) is 18.4 Å². The third kappa shape index (κ3) is 5.53. The van der Waals surface area contributed by atoms with E-state index in [0.717, 1.165) is 31.7 Å². The molecule has 0 spiro atoms. The molecule has 1 N–H and O–H groups in total. The smallest absolute Gasteiger partial charge is 0.251 e. The van der Waals surface area contributed by atoms with E-state index >= 15 is 0 Å². The van der Waals surface area contributed by atoms with Gasteiger partial charge in [0.1, 0.15) is 18.7 Å². The third-order valence-corrected chi connectivity index (χ3v) is 11.2. The van der Waals surface area contributed by atoms with Gasteiger partial charge in [-0.3, -0.25) is 14.4 Å². The van der Waals surface area contributed by atoms with Crippen LogP contribution in [-0.4, -0.2) is 89.4 Å². The van der Waals surface area contributed by atoms with Crippen LogP contribution in [0.4, 0.5) is 0 Å². The molecule has 6 rings (SSSR count). The molecule has 3 aliphatic heterocycles. The van der Waals surface area contributed by atoms with E-state index in [4.69, 9.17) is 4.74 Å². The van der Waals surface area contributed by atoms with Gasteiger partial charge in [0.05, 0.1) is 11.4 Å². The van der Waals surface area contributed by atoms with Crippen LogP contribution in [-0.2, 0) is 14.3 Å². The summed E-state index contributed by atoms with van der Waals surface area (Å²) in [5.41, 5.74) is 1.91. The zero-order chi connectivity index (χ0) is 26.9. The maximum Gasteiger partial charge on any atom is 0.251 e. The average molecular weight is 554 g/mol. The Morgan fingerprint density at radius 2 is 1.69 bits per heavy atom. The van der Waals surface area contributed by atoms with Gasteiger partial charge in [0.25, 0.3) is 5.91 Å². The zero-order valence-corrected chi connectivity index (χ0v) is 24.0. The number of fused-ring (bicyclic) bond motifs is 1. The number of nitrogens with zero attached hydrogens (tertiary/aromatic N) is 2. The van der Waals surface area contributed by atoms with Gasteiger partial charge < -0.3 is 19.9 Å². The number of piperidine rings is 1. The number of hydrogen-bond acceptors (Lipinski definition) is 6. The second kappa shape index (κ2) is 11.9. The van der Waals surface area contributed by atoms with E-state index in [1.165, 1.54) is 57.2 Å². The van der Waals surface area contributed by atoms with Crippen LogP contribution in [0.15, 0.2) is 24.3 Å². The molecule has 2 saturated carbocycles. The number of hydrogen-bond donors (Lipinski definition) is 1. The molecule has 1 aromatic rings. The first-order chi connectivity index (χ1) is 19.0. The van der Waals surface area contributed by atoms with Crippen LogP contribution >= 0.6 is 11.8 Å². The summed E-state index contributed by atoms with van der Waals surface area (Å²) in [5, 5.41) is 3.23. The maximum absolute atomic E-state index is 14.0. The number of rotatable bonds is 7. The molecule has 2 aliphatic carbocycles. The van der Waals surface area contributed by atoms with Crippen LogP contribution in [0.25, 0.3) is 0 Å². The van der Waals surface area contributed by atoms with Crippen molar-refractivity contribution in [1.82, 2.24) is 15.1 Å². The molecule has 3 heterocycles. The summed E-state index contributed by atoms with van der Waals surface area (Å²) >= 11 is 1.65. The first-order valence-corrected chi connectivity index (χ1v) is 16.4. The van der Waals surface area contributed by atoms with Gasteiger partial charge in [-0.25, -0.2) is 0 Å². The minimum Gasteiger partial charge on any atom is -0.367 e. The lowest BCUT2D eigenvalue weighted by Gasteiger charge is -2.42. The molecule has 0 unspecified atom stereocenters. The summed E-state index contributed by atoms with van der Waals surface area (Å²) in [6.45, 7) is 2.91. The molecule has 4 atom stereocenters. The van der Waals surface area contributed by atoms with Crippen molar-refractivity contribution >= 4 is 29.4 Å². The molecule has 0 aromatic heterocycles. The normalized spacial score (nSPS) is 29.7. The molecular formula is C31H43N3O4S. The van der Waals surface area contributed by atoms with E-state index in [1.54, 1.807) is 16.7 Å². The highest BCUT2D eigenvalue weighted by molar-refractivity contribution is 7.99. The fraction of sp³-hybridized carbons (Fsp3) is 0.710. The summed E-state index contributed by atoms with van der Waals surface area (Å²) in [4.78, 5) is 44.6. The van der Waals surface area contributed by atoms with Crippen molar-refractivity contribution in [2.75, 3.05) is 32.5 Å². The molecule has 212 valence electrons. The number of likely N-dealkylation sites (tertiary alicyclic amines) is 2. The first kappa shape index (κ1) is 27.3. The predicted octanol–water partition coefficient (Wildman–Crippen LogP) is 4.01. The van der Waals surface area contributed by atoms with E-state index in [9.17, 15) is 14.4 Å². The molecule has 5 fully saturated rings. The Balaban J connectivity index is 1.13. The third-order valence-electron chi connectivity index (χ3n) is 10.2. The number of carbonyl (C=O) groups is 3.